The molecule has 20 heavy (non-hydrogen) atoms. The molecule has 2 heteroatoms. The molecule has 0 amide bonds. The normalized spacial score (nSPS) is 28.4. The molecule has 3 unspecified atom stereocenters. The Morgan fingerprint density at radius 3 is 2.45 bits per heavy atom. The third-order valence-corrected chi connectivity index (χ3v) is 5.60. The summed E-state index contributed by atoms with van der Waals surface area (Å²) >= 11 is 0. The smallest absolute Gasteiger partial charge is 0.0687 e. The van der Waals surface area contributed by atoms with Crippen molar-refractivity contribution < 1.29 is 4.74 Å². The summed E-state index contributed by atoms with van der Waals surface area (Å²) in [6.07, 6.45) is 11.0. The minimum atomic E-state index is 0.298. The van der Waals surface area contributed by atoms with E-state index < -0.39 is 0 Å². The number of ether oxygens (including phenoxy) is 1. The summed E-state index contributed by atoms with van der Waals surface area (Å²) in [5.74, 6) is 1.47. The number of hydrogen-bond donors (Lipinski definition) is 1. The molecule has 1 aliphatic heterocycles. The van der Waals surface area contributed by atoms with Crippen LogP contribution in [-0.2, 0) is 4.74 Å². The molecule has 3 atom stereocenters. The van der Waals surface area contributed by atoms with E-state index in [-0.39, 0.29) is 0 Å². The van der Waals surface area contributed by atoms with Crippen LogP contribution in [0.25, 0.3) is 0 Å². The highest BCUT2D eigenvalue weighted by atomic mass is 16.5. The number of rotatable bonds is 7. The lowest BCUT2D eigenvalue weighted by molar-refractivity contribution is -0.0481. The first-order chi connectivity index (χ1) is 9.56. The molecule has 1 N–H and O–H groups in total. The molecule has 0 aromatic heterocycles. The van der Waals surface area contributed by atoms with Crippen LogP contribution in [0.3, 0.4) is 0 Å². The Kier molecular flexibility index (Phi) is 5.92. The van der Waals surface area contributed by atoms with Gasteiger partial charge in [0.15, 0.2) is 0 Å². The maximum absolute atomic E-state index is 6.52. The van der Waals surface area contributed by atoms with Crippen LogP contribution in [0, 0.1) is 11.8 Å². The standard InChI is InChI=1S/C18H35NO/c1-5-12-19-15(4)17(14(2)3)13-16-8-11-18(20-16)9-6-7-10-18/h14-17,19H,5-13H2,1-4H3. The predicted octanol–water partition coefficient (Wildman–Crippen LogP) is 4.53. The molecule has 1 spiro atoms. The molecule has 2 rings (SSSR count). The first-order valence-corrected chi connectivity index (χ1v) is 8.97. The van der Waals surface area contributed by atoms with Gasteiger partial charge >= 0.3 is 0 Å². The summed E-state index contributed by atoms with van der Waals surface area (Å²) < 4.78 is 6.52. The molecule has 1 heterocycles. The maximum atomic E-state index is 6.52. The zero-order valence-corrected chi connectivity index (χ0v) is 14.1. The second-order valence-electron chi connectivity index (χ2n) is 7.56. The first-order valence-electron chi connectivity index (χ1n) is 8.97. The van der Waals surface area contributed by atoms with Gasteiger partial charge in [0.1, 0.15) is 0 Å². The highest BCUT2D eigenvalue weighted by Gasteiger charge is 2.43. The van der Waals surface area contributed by atoms with E-state index in [4.69, 9.17) is 4.74 Å². The fraction of sp³-hybridized carbons (Fsp3) is 1.00. The van der Waals surface area contributed by atoms with E-state index in [2.05, 4.69) is 33.0 Å². The van der Waals surface area contributed by atoms with Gasteiger partial charge < -0.3 is 10.1 Å². The quantitative estimate of drug-likeness (QED) is 0.740. The van der Waals surface area contributed by atoms with Crippen LogP contribution in [0.1, 0.15) is 79.1 Å². The van der Waals surface area contributed by atoms with E-state index in [0.29, 0.717) is 17.7 Å². The van der Waals surface area contributed by atoms with Crippen molar-refractivity contribution in [2.75, 3.05) is 6.54 Å². The number of hydrogen-bond acceptors (Lipinski definition) is 2. The highest BCUT2D eigenvalue weighted by Crippen LogP contribution is 2.45. The third-order valence-electron chi connectivity index (χ3n) is 5.60. The van der Waals surface area contributed by atoms with Crippen molar-refractivity contribution in [3.63, 3.8) is 0 Å². The molecule has 2 aliphatic rings. The summed E-state index contributed by atoms with van der Waals surface area (Å²) in [7, 11) is 0. The molecule has 1 aliphatic carbocycles. The molecule has 0 radical (unpaired) electrons. The van der Waals surface area contributed by atoms with Crippen LogP contribution in [0.4, 0.5) is 0 Å². The van der Waals surface area contributed by atoms with E-state index in [1.807, 2.05) is 0 Å². The minimum Gasteiger partial charge on any atom is -0.372 e. The maximum Gasteiger partial charge on any atom is 0.0687 e. The van der Waals surface area contributed by atoms with Crippen molar-refractivity contribution in [1.29, 1.82) is 0 Å². The molecule has 2 fully saturated rings. The van der Waals surface area contributed by atoms with Crippen LogP contribution in [0.5, 0.6) is 0 Å². The molecule has 1 saturated heterocycles. The van der Waals surface area contributed by atoms with E-state index in [9.17, 15) is 0 Å². The van der Waals surface area contributed by atoms with E-state index >= 15 is 0 Å². The Bertz CT molecular complexity index is 283. The Balaban J connectivity index is 1.85. The van der Waals surface area contributed by atoms with Gasteiger partial charge in [0.25, 0.3) is 0 Å². The van der Waals surface area contributed by atoms with Crippen LogP contribution in [0.15, 0.2) is 0 Å². The minimum absolute atomic E-state index is 0.298. The summed E-state index contributed by atoms with van der Waals surface area (Å²) in [6.45, 7) is 10.5. The van der Waals surface area contributed by atoms with Gasteiger partial charge in [-0.15, -0.1) is 0 Å². The molecule has 118 valence electrons. The van der Waals surface area contributed by atoms with Gasteiger partial charge in [-0.05, 0) is 63.8 Å². The zero-order chi connectivity index (χ0) is 14.6. The zero-order valence-electron chi connectivity index (χ0n) is 14.1. The molecule has 2 nitrogen and oxygen atoms in total. The Labute approximate surface area is 126 Å². The molecular weight excluding hydrogens is 246 g/mol. The summed E-state index contributed by atoms with van der Waals surface area (Å²) in [4.78, 5) is 0. The fourth-order valence-electron chi connectivity index (χ4n) is 4.33. The van der Waals surface area contributed by atoms with Gasteiger partial charge in [-0.2, -0.15) is 0 Å². The molecular formula is C18H35NO. The summed E-state index contributed by atoms with van der Waals surface area (Å²) in [5, 5.41) is 3.69. The lowest BCUT2D eigenvalue weighted by Gasteiger charge is -2.32. The van der Waals surface area contributed by atoms with Crippen LogP contribution in [0.2, 0.25) is 0 Å². The van der Waals surface area contributed by atoms with Gasteiger partial charge in [0, 0.05) is 6.04 Å². The Morgan fingerprint density at radius 2 is 1.85 bits per heavy atom. The van der Waals surface area contributed by atoms with Crippen molar-refractivity contribution in [2.24, 2.45) is 11.8 Å². The van der Waals surface area contributed by atoms with Crippen molar-refractivity contribution in [3.05, 3.63) is 0 Å². The highest BCUT2D eigenvalue weighted by molar-refractivity contribution is 4.94. The van der Waals surface area contributed by atoms with E-state index in [0.717, 1.165) is 18.4 Å². The average molecular weight is 281 g/mol. The van der Waals surface area contributed by atoms with Crippen LogP contribution >= 0.6 is 0 Å². The summed E-state index contributed by atoms with van der Waals surface area (Å²) in [6, 6.07) is 0.610. The summed E-state index contributed by atoms with van der Waals surface area (Å²) in [5.41, 5.74) is 0.298. The van der Waals surface area contributed by atoms with Crippen LogP contribution < -0.4 is 5.32 Å². The Morgan fingerprint density at radius 1 is 1.15 bits per heavy atom. The third kappa shape index (κ3) is 3.98. The average Bonchev–Trinajstić information content (AvgIpc) is 3.03. The first kappa shape index (κ1) is 16.3. The second-order valence-corrected chi connectivity index (χ2v) is 7.56. The van der Waals surface area contributed by atoms with Crippen molar-refractivity contribution in [2.45, 2.75) is 96.8 Å². The number of nitrogens with one attached hydrogen (secondary N) is 1. The van der Waals surface area contributed by atoms with Gasteiger partial charge in [0.05, 0.1) is 11.7 Å². The van der Waals surface area contributed by atoms with Gasteiger partial charge in [-0.3, -0.25) is 0 Å². The van der Waals surface area contributed by atoms with E-state index in [1.165, 1.54) is 51.4 Å². The van der Waals surface area contributed by atoms with Gasteiger partial charge in [0.2, 0.25) is 0 Å². The van der Waals surface area contributed by atoms with Gasteiger partial charge in [-0.25, -0.2) is 0 Å². The SMILES string of the molecule is CCCNC(C)C(CC1CCC2(CCCC2)O1)C(C)C. The fourth-order valence-corrected chi connectivity index (χ4v) is 4.33. The molecule has 0 aromatic carbocycles. The lowest BCUT2D eigenvalue weighted by atomic mass is 9.84. The predicted molar refractivity (Wildman–Crippen MR) is 86.0 cm³/mol. The van der Waals surface area contributed by atoms with Crippen molar-refractivity contribution in [1.82, 2.24) is 5.32 Å². The van der Waals surface area contributed by atoms with Crippen molar-refractivity contribution in [3.8, 4) is 0 Å². The largest absolute Gasteiger partial charge is 0.372 e. The lowest BCUT2D eigenvalue weighted by Crippen LogP contribution is -2.38. The van der Waals surface area contributed by atoms with Crippen LogP contribution in [-0.4, -0.2) is 24.3 Å². The van der Waals surface area contributed by atoms with E-state index in [1.54, 1.807) is 0 Å². The van der Waals surface area contributed by atoms with Crippen molar-refractivity contribution >= 4 is 0 Å². The Hall–Kier alpha value is -0.0800. The second kappa shape index (κ2) is 7.26. The molecule has 0 bridgehead atoms. The van der Waals surface area contributed by atoms with Gasteiger partial charge in [-0.1, -0.05) is 33.6 Å². The molecule has 0 aromatic rings. The monoisotopic (exact) mass is 281 g/mol. The molecule has 1 saturated carbocycles. The topological polar surface area (TPSA) is 21.3 Å².